The van der Waals surface area contributed by atoms with E-state index in [-0.39, 0.29) is 0 Å². The van der Waals surface area contributed by atoms with Gasteiger partial charge in [0.15, 0.2) is 0 Å². The first-order valence-corrected chi connectivity index (χ1v) is 6.36. The monoisotopic (exact) mass is 234 g/mol. The topological polar surface area (TPSA) is 47.3 Å². The first-order chi connectivity index (χ1) is 8.19. The molecule has 2 rings (SSSR count). The number of aryl methyl sites for hydroxylation is 1. The minimum absolute atomic E-state index is 0.396. The molecule has 0 atom stereocenters. The minimum Gasteiger partial charge on any atom is -0.495 e. The molecule has 94 valence electrons. The van der Waals surface area contributed by atoms with Crippen molar-refractivity contribution in [1.82, 2.24) is 0 Å². The average molecular weight is 234 g/mol. The zero-order valence-corrected chi connectivity index (χ0v) is 10.7. The van der Waals surface area contributed by atoms with Crippen molar-refractivity contribution in [2.24, 2.45) is 5.73 Å². The number of hydrogen-bond acceptors (Lipinski definition) is 3. The Bertz CT molecular complexity index is 370. The third kappa shape index (κ3) is 3.13. The van der Waals surface area contributed by atoms with Crippen molar-refractivity contribution >= 4 is 5.69 Å². The van der Waals surface area contributed by atoms with Crippen LogP contribution in [-0.2, 0) is 0 Å². The summed E-state index contributed by atoms with van der Waals surface area (Å²) in [5.74, 6) is 0.922. The molecule has 0 bridgehead atoms. The van der Waals surface area contributed by atoms with E-state index >= 15 is 0 Å². The summed E-state index contributed by atoms with van der Waals surface area (Å²) in [6.45, 7) is 2.10. The van der Waals surface area contributed by atoms with Gasteiger partial charge in [-0.15, -0.1) is 0 Å². The van der Waals surface area contributed by atoms with Crippen LogP contribution in [0, 0.1) is 6.92 Å². The summed E-state index contributed by atoms with van der Waals surface area (Å²) in [5.41, 5.74) is 8.27. The number of hydrogen-bond donors (Lipinski definition) is 2. The fourth-order valence-corrected chi connectivity index (χ4v) is 2.42. The SMILES string of the molecule is COc1ccc(C)cc1NC1CCC(N)CC1. The van der Waals surface area contributed by atoms with Crippen molar-refractivity contribution in [2.45, 2.75) is 44.7 Å². The largest absolute Gasteiger partial charge is 0.495 e. The zero-order chi connectivity index (χ0) is 12.3. The summed E-state index contributed by atoms with van der Waals surface area (Å²) < 4.78 is 5.38. The van der Waals surface area contributed by atoms with Crippen LogP contribution in [0.2, 0.25) is 0 Å². The van der Waals surface area contributed by atoms with Crippen LogP contribution in [0.4, 0.5) is 5.69 Å². The fourth-order valence-electron chi connectivity index (χ4n) is 2.42. The lowest BCUT2D eigenvalue weighted by molar-refractivity contribution is 0.401. The van der Waals surface area contributed by atoms with Gasteiger partial charge in [-0.3, -0.25) is 0 Å². The smallest absolute Gasteiger partial charge is 0.141 e. The van der Waals surface area contributed by atoms with Gasteiger partial charge in [0, 0.05) is 12.1 Å². The molecule has 3 nitrogen and oxygen atoms in total. The molecule has 0 saturated heterocycles. The van der Waals surface area contributed by atoms with E-state index in [1.54, 1.807) is 7.11 Å². The molecule has 0 spiro atoms. The maximum Gasteiger partial charge on any atom is 0.141 e. The average Bonchev–Trinajstić information content (AvgIpc) is 2.32. The van der Waals surface area contributed by atoms with E-state index in [1.165, 1.54) is 5.56 Å². The normalized spacial score (nSPS) is 24.4. The van der Waals surface area contributed by atoms with Gasteiger partial charge in [-0.05, 0) is 50.3 Å². The van der Waals surface area contributed by atoms with Gasteiger partial charge in [0.25, 0.3) is 0 Å². The molecular weight excluding hydrogens is 212 g/mol. The van der Waals surface area contributed by atoms with Gasteiger partial charge in [0.2, 0.25) is 0 Å². The van der Waals surface area contributed by atoms with Crippen molar-refractivity contribution in [3.05, 3.63) is 23.8 Å². The van der Waals surface area contributed by atoms with Crippen LogP contribution in [0.5, 0.6) is 5.75 Å². The second-order valence-corrected chi connectivity index (χ2v) is 4.96. The highest BCUT2D eigenvalue weighted by atomic mass is 16.5. The van der Waals surface area contributed by atoms with Gasteiger partial charge in [0.1, 0.15) is 5.75 Å². The van der Waals surface area contributed by atoms with Crippen LogP contribution in [-0.4, -0.2) is 19.2 Å². The second kappa shape index (κ2) is 5.41. The van der Waals surface area contributed by atoms with Crippen LogP contribution in [0.3, 0.4) is 0 Å². The Morgan fingerprint density at radius 1 is 1.24 bits per heavy atom. The van der Waals surface area contributed by atoms with E-state index < -0.39 is 0 Å². The van der Waals surface area contributed by atoms with Crippen LogP contribution < -0.4 is 15.8 Å². The van der Waals surface area contributed by atoms with E-state index in [0.29, 0.717) is 12.1 Å². The van der Waals surface area contributed by atoms with Gasteiger partial charge in [0.05, 0.1) is 12.8 Å². The van der Waals surface area contributed by atoms with E-state index in [1.807, 2.05) is 6.07 Å². The number of benzene rings is 1. The van der Waals surface area contributed by atoms with E-state index in [4.69, 9.17) is 10.5 Å². The predicted molar refractivity (Wildman–Crippen MR) is 71.6 cm³/mol. The Balaban J connectivity index is 2.04. The lowest BCUT2D eigenvalue weighted by atomic mass is 9.91. The molecular formula is C14H22N2O. The Morgan fingerprint density at radius 3 is 2.59 bits per heavy atom. The van der Waals surface area contributed by atoms with Crippen molar-refractivity contribution in [2.75, 3.05) is 12.4 Å². The summed E-state index contributed by atoms with van der Waals surface area (Å²) in [4.78, 5) is 0. The number of nitrogens with two attached hydrogens (primary N) is 1. The van der Waals surface area contributed by atoms with Gasteiger partial charge < -0.3 is 15.8 Å². The maximum atomic E-state index is 5.92. The molecule has 0 aliphatic heterocycles. The molecule has 3 N–H and O–H groups in total. The molecule has 1 aliphatic carbocycles. The Kier molecular flexibility index (Phi) is 3.89. The Morgan fingerprint density at radius 2 is 1.94 bits per heavy atom. The molecule has 1 aromatic carbocycles. The summed E-state index contributed by atoms with van der Waals surface area (Å²) in [6, 6.07) is 7.17. The van der Waals surface area contributed by atoms with E-state index in [9.17, 15) is 0 Å². The third-order valence-corrected chi connectivity index (χ3v) is 3.49. The first kappa shape index (κ1) is 12.2. The lowest BCUT2D eigenvalue weighted by Gasteiger charge is -2.28. The molecule has 0 aromatic heterocycles. The number of rotatable bonds is 3. The Labute approximate surface area is 103 Å². The number of anilines is 1. The molecule has 0 unspecified atom stereocenters. The van der Waals surface area contributed by atoms with Crippen LogP contribution in [0.15, 0.2) is 18.2 Å². The summed E-state index contributed by atoms with van der Waals surface area (Å²) >= 11 is 0. The number of methoxy groups -OCH3 is 1. The highest BCUT2D eigenvalue weighted by Gasteiger charge is 2.19. The van der Waals surface area contributed by atoms with Gasteiger partial charge >= 0.3 is 0 Å². The molecule has 0 amide bonds. The molecule has 1 saturated carbocycles. The third-order valence-electron chi connectivity index (χ3n) is 3.49. The molecule has 1 fully saturated rings. The molecule has 1 aliphatic rings. The number of nitrogens with one attached hydrogen (secondary N) is 1. The second-order valence-electron chi connectivity index (χ2n) is 4.96. The fraction of sp³-hybridized carbons (Fsp3) is 0.571. The predicted octanol–water partition coefficient (Wildman–Crippen LogP) is 2.69. The standard InChI is InChI=1S/C14H22N2O/c1-10-3-8-14(17-2)13(9-10)16-12-6-4-11(15)5-7-12/h3,8-9,11-12,16H,4-7,15H2,1-2H3. The van der Waals surface area contributed by atoms with Crippen molar-refractivity contribution < 1.29 is 4.74 Å². The van der Waals surface area contributed by atoms with Crippen LogP contribution in [0.1, 0.15) is 31.2 Å². The minimum atomic E-state index is 0.396. The quantitative estimate of drug-likeness (QED) is 0.845. The van der Waals surface area contributed by atoms with Crippen molar-refractivity contribution in [3.8, 4) is 5.75 Å². The van der Waals surface area contributed by atoms with E-state index in [0.717, 1.165) is 37.1 Å². The summed E-state index contributed by atoms with van der Waals surface area (Å²) in [5, 5.41) is 3.58. The highest BCUT2D eigenvalue weighted by molar-refractivity contribution is 5.58. The Hall–Kier alpha value is -1.22. The molecule has 0 radical (unpaired) electrons. The van der Waals surface area contributed by atoms with Gasteiger partial charge in [-0.2, -0.15) is 0 Å². The summed E-state index contributed by atoms with van der Waals surface area (Å²) in [6.07, 6.45) is 4.54. The van der Waals surface area contributed by atoms with Gasteiger partial charge in [-0.1, -0.05) is 6.07 Å². The first-order valence-electron chi connectivity index (χ1n) is 6.36. The summed E-state index contributed by atoms with van der Waals surface area (Å²) in [7, 11) is 1.71. The van der Waals surface area contributed by atoms with E-state index in [2.05, 4.69) is 24.4 Å². The molecule has 3 heteroatoms. The number of ether oxygens (including phenoxy) is 1. The highest BCUT2D eigenvalue weighted by Crippen LogP contribution is 2.28. The molecule has 17 heavy (non-hydrogen) atoms. The van der Waals surface area contributed by atoms with Crippen LogP contribution >= 0.6 is 0 Å². The lowest BCUT2D eigenvalue weighted by Crippen LogP contribution is -2.32. The van der Waals surface area contributed by atoms with Gasteiger partial charge in [-0.25, -0.2) is 0 Å². The van der Waals surface area contributed by atoms with Crippen LogP contribution in [0.25, 0.3) is 0 Å². The molecule has 0 heterocycles. The molecule has 1 aromatic rings. The zero-order valence-electron chi connectivity index (χ0n) is 10.7. The maximum absolute atomic E-state index is 5.92. The van der Waals surface area contributed by atoms with Crippen molar-refractivity contribution in [1.29, 1.82) is 0 Å². The van der Waals surface area contributed by atoms with Crippen molar-refractivity contribution in [3.63, 3.8) is 0 Å².